The number of hydrogen-bond donors (Lipinski definition) is 3. The standard InChI is InChI=1S/C44H36N8O9S.O3S/c1-27-20-40(32(25-53)22-38(27)49-45-34-13-9-31(10-14-34)44(55)56)51-47-33-11-5-29(6-12-33)4-7-30-8-15-36(23-43(30)62(57,58)59)48-52-41-21-28(2)39(24-42(41)60-3)50-46-35-16-18-37(19-17-35)61-26-54;1-4(2)3/h4-24,26,53H,25H2,1-3H3,(H,55,56)(H,57,58,59);. The van der Waals surface area contributed by atoms with Gasteiger partial charge in [-0.2, -0.15) is 44.2 Å². The molecule has 0 fully saturated rings. The van der Waals surface area contributed by atoms with Gasteiger partial charge >= 0.3 is 16.6 Å². The fourth-order valence-electron chi connectivity index (χ4n) is 5.61. The van der Waals surface area contributed by atoms with Gasteiger partial charge in [0.1, 0.15) is 22.1 Å². The number of hydrogen-bond acceptors (Lipinski definition) is 18. The topological polar surface area (TPSA) is 298 Å². The van der Waals surface area contributed by atoms with Gasteiger partial charge < -0.3 is 19.7 Å². The maximum Gasteiger partial charge on any atom is 0.425 e. The van der Waals surface area contributed by atoms with Crippen molar-refractivity contribution >= 4 is 90.8 Å². The molecular weight excluding hydrogens is 897 g/mol. The molecule has 0 saturated carbocycles. The summed E-state index contributed by atoms with van der Waals surface area (Å²) < 4.78 is 70.6. The van der Waals surface area contributed by atoms with Crippen LogP contribution < -0.4 is 9.47 Å². The number of carbonyl (C=O) groups is 2. The number of methoxy groups -OCH3 is 1. The number of carbonyl (C=O) groups excluding carboxylic acids is 1. The van der Waals surface area contributed by atoms with Crippen LogP contribution >= 0.6 is 0 Å². The summed E-state index contributed by atoms with van der Waals surface area (Å²) in [5, 5.41) is 53.1. The SMILES string of the molecule is COc1cc(N=Nc2ccc(OC=O)cc2)c(C)cc1N=Nc1ccc(C=Cc2ccc(N=Nc3cc(C)c(N=Nc4ccc(C(=O)O)cc4)cc3CO)cc2)c(S(=O)(=O)O)c1.O=S(=O)=O. The number of carboxylic acids is 1. The monoisotopic (exact) mass is 932 g/mol. The van der Waals surface area contributed by atoms with Crippen LogP contribution in [0.15, 0.2) is 161 Å². The van der Waals surface area contributed by atoms with Crippen LogP contribution in [0.4, 0.5) is 45.5 Å². The second-order valence-corrected chi connectivity index (χ2v) is 15.2. The van der Waals surface area contributed by atoms with E-state index in [9.17, 15) is 27.7 Å². The minimum absolute atomic E-state index is 0.134. The Balaban J connectivity index is 0.00000196. The molecule has 20 nitrogen and oxygen atoms in total. The molecule has 0 spiro atoms. The Labute approximate surface area is 377 Å². The van der Waals surface area contributed by atoms with E-state index in [2.05, 4.69) is 40.9 Å². The highest BCUT2D eigenvalue weighted by molar-refractivity contribution is 7.86. The van der Waals surface area contributed by atoms with Gasteiger partial charge in [0.2, 0.25) is 0 Å². The third-order valence-corrected chi connectivity index (χ3v) is 9.83. The number of benzene rings is 6. The van der Waals surface area contributed by atoms with Crippen molar-refractivity contribution in [2.45, 2.75) is 25.3 Å². The van der Waals surface area contributed by atoms with Crippen LogP contribution in [0.1, 0.15) is 38.2 Å². The summed E-state index contributed by atoms with van der Waals surface area (Å²) in [7, 11) is -6.33. The van der Waals surface area contributed by atoms with Crippen LogP contribution in [0.3, 0.4) is 0 Å². The molecule has 6 aromatic rings. The molecule has 0 aliphatic heterocycles. The Hall–Kier alpha value is -8.31. The van der Waals surface area contributed by atoms with Crippen molar-refractivity contribution in [1.82, 2.24) is 0 Å². The molecule has 0 unspecified atom stereocenters. The van der Waals surface area contributed by atoms with Gasteiger partial charge in [-0.3, -0.25) is 9.35 Å². The Morgan fingerprint density at radius 2 is 1.12 bits per heavy atom. The summed E-state index contributed by atoms with van der Waals surface area (Å²) in [5.74, 6) is -0.344. The second kappa shape index (κ2) is 22.9. The smallest absolute Gasteiger partial charge is 0.425 e. The molecular formula is C44H36N8O12S2. The van der Waals surface area contributed by atoms with Gasteiger partial charge in [-0.15, -0.1) is 17.7 Å². The number of aliphatic hydroxyl groups is 1. The number of nitrogens with zero attached hydrogens (tertiary/aromatic N) is 8. The fraction of sp³-hybridized carbons (Fsp3) is 0.0909. The molecule has 66 heavy (non-hydrogen) atoms. The lowest BCUT2D eigenvalue weighted by atomic mass is 10.1. The lowest BCUT2D eigenvalue weighted by Crippen LogP contribution is -2.00. The van der Waals surface area contributed by atoms with Crippen LogP contribution in [0.25, 0.3) is 12.2 Å². The molecule has 22 heteroatoms. The molecule has 6 aromatic carbocycles. The van der Waals surface area contributed by atoms with E-state index in [1.807, 2.05) is 6.92 Å². The molecule has 336 valence electrons. The number of aromatic carboxylic acids is 1. The quantitative estimate of drug-likeness (QED) is 0.0353. The van der Waals surface area contributed by atoms with Gasteiger partial charge in [0, 0.05) is 11.6 Å². The lowest BCUT2D eigenvalue weighted by Gasteiger charge is -2.08. The van der Waals surface area contributed by atoms with Gasteiger partial charge in [-0.05, 0) is 127 Å². The highest BCUT2D eigenvalue weighted by atomic mass is 32.2. The third-order valence-electron chi connectivity index (χ3n) is 8.92. The average molecular weight is 933 g/mol. The van der Waals surface area contributed by atoms with E-state index in [0.717, 1.165) is 5.56 Å². The van der Waals surface area contributed by atoms with Gasteiger partial charge in [-0.25, -0.2) is 4.79 Å². The predicted molar refractivity (Wildman–Crippen MR) is 239 cm³/mol. The van der Waals surface area contributed by atoms with Crippen molar-refractivity contribution in [3.63, 3.8) is 0 Å². The maximum atomic E-state index is 12.4. The largest absolute Gasteiger partial charge is 0.494 e. The Morgan fingerprint density at radius 3 is 1.65 bits per heavy atom. The van der Waals surface area contributed by atoms with Crippen molar-refractivity contribution < 1.29 is 54.9 Å². The lowest BCUT2D eigenvalue weighted by molar-refractivity contribution is -0.120. The highest BCUT2D eigenvalue weighted by Crippen LogP contribution is 2.37. The fourth-order valence-corrected chi connectivity index (χ4v) is 6.32. The van der Waals surface area contributed by atoms with Gasteiger partial charge in [0.15, 0.2) is 0 Å². The minimum Gasteiger partial charge on any atom is -0.494 e. The van der Waals surface area contributed by atoms with Crippen LogP contribution in [0, 0.1) is 13.8 Å². The van der Waals surface area contributed by atoms with E-state index in [0.29, 0.717) is 74.5 Å². The first kappa shape index (κ1) is 48.7. The minimum atomic E-state index is -4.67. The van der Waals surface area contributed by atoms with E-state index in [4.69, 9.17) is 27.2 Å². The molecule has 0 aliphatic rings. The molecule has 3 N–H and O–H groups in total. The van der Waals surface area contributed by atoms with Crippen molar-refractivity contribution in [2.75, 3.05) is 7.11 Å². The molecule has 6 rings (SSSR count). The number of ether oxygens (including phenoxy) is 2. The summed E-state index contributed by atoms with van der Waals surface area (Å²) in [5.41, 5.74) is 6.32. The predicted octanol–water partition coefficient (Wildman–Crippen LogP) is 11.1. The van der Waals surface area contributed by atoms with E-state index in [1.165, 1.54) is 37.5 Å². The first-order valence-electron chi connectivity index (χ1n) is 18.9. The normalized spacial score (nSPS) is 11.7. The van der Waals surface area contributed by atoms with E-state index < -0.39 is 26.7 Å². The molecule has 0 amide bonds. The number of rotatable bonds is 16. The van der Waals surface area contributed by atoms with Crippen LogP contribution in [-0.4, -0.2) is 55.4 Å². The molecule has 0 atom stereocenters. The van der Waals surface area contributed by atoms with Gasteiger partial charge in [-0.1, -0.05) is 30.4 Å². The van der Waals surface area contributed by atoms with Crippen LogP contribution in [-0.2, 0) is 32.1 Å². The summed E-state index contributed by atoms with van der Waals surface area (Å²) in [6.45, 7) is 3.60. The Kier molecular flexibility index (Phi) is 16.9. The number of azo groups is 4. The average Bonchev–Trinajstić information content (AvgIpc) is 3.29. The van der Waals surface area contributed by atoms with Crippen molar-refractivity contribution in [1.29, 1.82) is 0 Å². The third kappa shape index (κ3) is 14.1. The molecule has 0 aromatic heterocycles. The number of aliphatic hydroxyl groups excluding tert-OH is 1. The summed E-state index contributed by atoms with van der Waals surface area (Å²) in [6, 6.07) is 30.2. The molecule has 0 saturated heterocycles. The second-order valence-electron chi connectivity index (χ2n) is 13.4. The Morgan fingerprint density at radius 1 is 0.636 bits per heavy atom. The van der Waals surface area contributed by atoms with Gasteiger partial charge in [0.05, 0.1) is 59.1 Å². The summed E-state index contributed by atoms with van der Waals surface area (Å²) in [6.07, 6.45) is 3.20. The summed E-state index contributed by atoms with van der Waals surface area (Å²) >= 11 is 0. The van der Waals surface area contributed by atoms with E-state index in [-0.39, 0.29) is 28.3 Å². The Bertz CT molecular complexity index is 3120. The van der Waals surface area contributed by atoms with Crippen molar-refractivity contribution in [3.05, 3.63) is 149 Å². The van der Waals surface area contributed by atoms with Crippen molar-refractivity contribution in [3.8, 4) is 11.5 Å². The van der Waals surface area contributed by atoms with Crippen LogP contribution in [0.2, 0.25) is 0 Å². The first-order valence-corrected chi connectivity index (χ1v) is 21.3. The molecule has 0 heterocycles. The van der Waals surface area contributed by atoms with Crippen molar-refractivity contribution in [2.24, 2.45) is 40.9 Å². The zero-order chi connectivity index (χ0) is 47.8. The van der Waals surface area contributed by atoms with Gasteiger partial charge in [0.25, 0.3) is 16.6 Å². The first-order chi connectivity index (χ1) is 31.6. The van der Waals surface area contributed by atoms with Crippen LogP contribution in [0.5, 0.6) is 11.5 Å². The zero-order valence-electron chi connectivity index (χ0n) is 34.8. The molecule has 0 radical (unpaired) electrons. The van der Waals surface area contributed by atoms with E-state index >= 15 is 0 Å². The number of carboxylic acid groups (broad SMARTS) is 1. The maximum absolute atomic E-state index is 12.4. The highest BCUT2D eigenvalue weighted by Gasteiger charge is 2.16. The molecule has 0 aliphatic carbocycles. The molecule has 0 bridgehead atoms. The number of aryl methyl sites for hydroxylation is 2. The van der Waals surface area contributed by atoms with E-state index in [1.54, 1.807) is 104 Å². The zero-order valence-corrected chi connectivity index (χ0v) is 36.5. The summed E-state index contributed by atoms with van der Waals surface area (Å²) in [4.78, 5) is 21.2.